The van der Waals surface area contributed by atoms with Crippen LogP contribution < -0.4 is 4.74 Å². The molecule has 2 aromatic carbocycles. The lowest BCUT2D eigenvalue weighted by Crippen LogP contribution is -2.22. The van der Waals surface area contributed by atoms with Crippen LogP contribution in [-0.4, -0.2) is 20.9 Å². The third kappa shape index (κ3) is 9.80. The second-order valence-electron chi connectivity index (χ2n) is 16.0. The number of hydrogen-bond acceptors (Lipinski definition) is 6. The summed E-state index contributed by atoms with van der Waals surface area (Å²) in [4.78, 5) is 26.5. The van der Waals surface area contributed by atoms with Gasteiger partial charge in [0.15, 0.2) is 0 Å². The Morgan fingerprint density at radius 1 is 0.619 bits per heavy atom. The summed E-state index contributed by atoms with van der Waals surface area (Å²) in [5, 5.41) is 11.2. The largest absolute Gasteiger partial charge is 0.507 e. The molecule has 0 aliphatic carbocycles. The van der Waals surface area contributed by atoms with Crippen LogP contribution in [0.3, 0.4) is 0 Å². The zero-order chi connectivity index (χ0) is 32.6. The molecular formula is C36H54O4S2. The van der Waals surface area contributed by atoms with Crippen LogP contribution in [0.25, 0.3) is 0 Å². The van der Waals surface area contributed by atoms with Gasteiger partial charge in [-0.25, -0.2) is 0 Å². The Kier molecular flexibility index (Phi) is 10.9. The van der Waals surface area contributed by atoms with Crippen molar-refractivity contribution in [1.82, 2.24) is 0 Å². The van der Waals surface area contributed by atoms with Gasteiger partial charge in [-0.2, -0.15) is 0 Å². The summed E-state index contributed by atoms with van der Waals surface area (Å²) in [6.45, 7) is 31.6. The lowest BCUT2D eigenvalue weighted by molar-refractivity contribution is -0.136. The number of benzene rings is 2. The first kappa shape index (κ1) is 36.3. The van der Waals surface area contributed by atoms with Crippen LogP contribution in [0.4, 0.5) is 0 Å². The highest BCUT2D eigenvalue weighted by molar-refractivity contribution is 8.18. The zero-order valence-electron chi connectivity index (χ0n) is 28.7. The Labute approximate surface area is 264 Å². The predicted molar refractivity (Wildman–Crippen MR) is 181 cm³/mol. The number of aromatic hydroxyl groups is 1. The van der Waals surface area contributed by atoms with E-state index in [1.807, 2.05) is 0 Å². The zero-order valence-corrected chi connectivity index (χ0v) is 30.3. The van der Waals surface area contributed by atoms with Gasteiger partial charge < -0.3 is 14.6 Å². The first-order chi connectivity index (χ1) is 18.7. The molecule has 0 atom stereocenters. The number of thioether (sulfide) groups is 2. The van der Waals surface area contributed by atoms with Gasteiger partial charge >= 0.3 is 5.97 Å². The average molecular weight is 615 g/mol. The molecule has 0 aromatic heterocycles. The van der Waals surface area contributed by atoms with Gasteiger partial charge in [0, 0.05) is 38.5 Å². The maximum atomic E-state index is 12.8. The van der Waals surface area contributed by atoms with E-state index in [9.17, 15) is 14.7 Å². The molecule has 0 heterocycles. The van der Waals surface area contributed by atoms with Gasteiger partial charge in [0.05, 0.1) is 10.5 Å². The lowest BCUT2D eigenvalue weighted by Gasteiger charge is -2.32. The van der Waals surface area contributed by atoms with Crippen molar-refractivity contribution in [3.05, 3.63) is 46.5 Å². The fraction of sp³-hybridized carbons (Fsp3) is 0.611. The molecule has 0 amide bonds. The normalized spacial score (nSPS) is 13.3. The van der Waals surface area contributed by atoms with Crippen molar-refractivity contribution in [2.24, 2.45) is 0 Å². The van der Waals surface area contributed by atoms with E-state index in [0.29, 0.717) is 11.5 Å². The Bertz CT molecular complexity index is 1240. The molecule has 42 heavy (non-hydrogen) atoms. The van der Waals surface area contributed by atoms with E-state index < -0.39 is 0 Å². The van der Waals surface area contributed by atoms with Gasteiger partial charge in [-0.05, 0) is 66.7 Å². The van der Waals surface area contributed by atoms with Crippen LogP contribution in [0.5, 0.6) is 11.5 Å². The summed E-state index contributed by atoms with van der Waals surface area (Å²) < 4.78 is 5.79. The lowest BCUT2D eigenvalue weighted by atomic mass is 9.79. The van der Waals surface area contributed by atoms with Gasteiger partial charge in [-0.3, -0.25) is 4.79 Å². The number of phenolic OH excluding ortho intramolecular Hbond substituents is 1. The van der Waals surface area contributed by atoms with Crippen molar-refractivity contribution in [3.63, 3.8) is 0 Å². The summed E-state index contributed by atoms with van der Waals surface area (Å²) in [6.07, 6.45) is 0.251. The molecule has 4 nitrogen and oxygen atoms in total. The van der Waals surface area contributed by atoms with Crippen molar-refractivity contribution in [2.75, 3.05) is 0 Å². The Hall–Kier alpha value is -1.92. The number of phenols is 1. The smallest absolute Gasteiger partial charge is 0.311 e. The van der Waals surface area contributed by atoms with Crippen molar-refractivity contribution in [2.45, 2.75) is 152 Å². The summed E-state index contributed by atoms with van der Waals surface area (Å²) in [7, 11) is 0. The molecule has 0 aliphatic heterocycles. The number of ketones is 1. The first-order valence-electron chi connectivity index (χ1n) is 14.9. The molecule has 0 aliphatic rings. The number of ether oxygens (including phenoxy) is 1. The van der Waals surface area contributed by atoms with Crippen molar-refractivity contribution in [1.29, 1.82) is 0 Å². The van der Waals surface area contributed by atoms with Crippen molar-refractivity contribution in [3.8, 4) is 11.5 Å². The van der Waals surface area contributed by atoms with Gasteiger partial charge in [-0.1, -0.05) is 83.1 Å². The van der Waals surface area contributed by atoms with E-state index >= 15 is 0 Å². The minimum Gasteiger partial charge on any atom is -0.507 e. The summed E-state index contributed by atoms with van der Waals surface area (Å²) in [6, 6.07) is 8.60. The quantitative estimate of drug-likeness (QED) is 0.138. The number of hydrogen-bond donors (Lipinski definition) is 1. The van der Waals surface area contributed by atoms with Crippen molar-refractivity contribution >= 4 is 35.3 Å². The van der Waals surface area contributed by atoms with Crippen LogP contribution in [-0.2, 0) is 31.2 Å². The number of rotatable bonds is 8. The molecule has 0 fully saturated rings. The number of carbonyl (C=O) groups excluding carboxylic acids is 2. The average Bonchev–Trinajstić information content (AvgIpc) is 2.76. The van der Waals surface area contributed by atoms with Gasteiger partial charge in [0.2, 0.25) is 0 Å². The Balaban J connectivity index is 2.61. The third-order valence-corrected chi connectivity index (χ3v) is 9.43. The Morgan fingerprint density at radius 2 is 0.952 bits per heavy atom. The molecule has 2 rings (SSSR count). The molecule has 0 radical (unpaired) electrons. The van der Waals surface area contributed by atoms with Crippen LogP contribution >= 0.6 is 23.5 Å². The minimum absolute atomic E-state index is 0.0246. The highest BCUT2D eigenvalue weighted by atomic mass is 32.2. The van der Waals surface area contributed by atoms with E-state index in [-0.39, 0.29) is 50.3 Å². The summed E-state index contributed by atoms with van der Waals surface area (Å²) in [5.41, 5.74) is 2.93. The van der Waals surface area contributed by atoms with Crippen LogP contribution in [0, 0.1) is 0 Å². The van der Waals surface area contributed by atoms with Gasteiger partial charge in [0.1, 0.15) is 17.3 Å². The van der Waals surface area contributed by atoms with E-state index in [4.69, 9.17) is 4.74 Å². The molecule has 0 saturated heterocycles. The highest BCUT2D eigenvalue weighted by Gasteiger charge is 2.32. The molecule has 1 N–H and O–H groups in total. The van der Waals surface area contributed by atoms with E-state index in [1.54, 1.807) is 23.5 Å². The number of Topliss-reactive ketones (excluding diaryl/α,β-unsaturated/α-hetero) is 1. The first-order valence-corrected chi connectivity index (χ1v) is 16.5. The van der Waals surface area contributed by atoms with E-state index in [2.05, 4.69) is 121 Å². The predicted octanol–water partition coefficient (Wildman–Crippen LogP) is 10.5. The highest BCUT2D eigenvalue weighted by Crippen LogP contribution is 2.51. The molecule has 234 valence electrons. The third-order valence-electron chi connectivity index (χ3n) is 7.00. The molecule has 0 saturated carbocycles. The summed E-state index contributed by atoms with van der Waals surface area (Å²) >= 11 is 3.58. The molecule has 0 unspecified atom stereocenters. The van der Waals surface area contributed by atoms with Crippen LogP contribution in [0.1, 0.15) is 139 Å². The van der Waals surface area contributed by atoms with Crippen LogP contribution in [0.15, 0.2) is 34.1 Å². The van der Waals surface area contributed by atoms with E-state index in [1.165, 1.54) is 6.92 Å². The number of carbonyl (C=O) groups is 2. The second kappa shape index (κ2) is 12.6. The molecule has 6 heteroatoms. The van der Waals surface area contributed by atoms with E-state index in [0.717, 1.165) is 32.0 Å². The Morgan fingerprint density at radius 3 is 1.26 bits per heavy atom. The SMILES string of the molecule is CC(=O)CCC(=O)Oc1c(C(C)(C)C)cc(SC(C)(C)Sc2cc(C(C)(C)C)c(O)c(C(C)(C)C)c2)cc1C(C)(C)C. The summed E-state index contributed by atoms with van der Waals surface area (Å²) in [5.74, 6) is 0.599. The second-order valence-corrected chi connectivity index (χ2v) is 19.6. The fourth-order valence-electron chi connectivity index (χ4n) is 4.73. The van der Waals surface area contributed by atoms with Gasteiger partial charge in [-0.15, -0.1) is 23.5 Å². The van der Waals surface area contributed by atoms with Crippen molar-refractivity contribution < 1.29 is 19.4 Å². The monoisotopic (exact) mass is 614 g/mol. The van der Waals surface area contributed by atoms with Gasteiger partial charge in [0.25, 0.3) is 0 Å². The van der Waals surface area contributed by atoms with Crippen LogP contribution in [0.2, 0.25) is 0 Å². The maximum absolute atomic E-state index is 12.8. The minimum atomic E-state index is -0.380. The molecule has 0 bridgehead atoms. The number of esters is 1. The fourth-order valence-corrected chi connectivity index (χ4v) is 7.31. The molecule has 2 aromatic rings. The molecular weight excluding hydrogens is 561 g/mol. The molecule has 0 spiro atoms. The maximum Gasteiger partial charge on any atom is 0.311 e. The topological polar surface area (TPSA) is 63.6 Å². The standard InChI is InChI=1S/C36H54O4S2/c1-22(37)16-17-29(38)40-31-27(34(8,9)10)20-24(21-28(31)35(11,12)13)42-36(14,15)41-23-18-25(32(2,3)4)30(39)26(19-23)33(5,6)7/h18-21,39H,16-17H2,1-15H3.